The normalized spacial score (nSPS) is 11.6. The van der Waals surface area contributed by atoms with E-state index in [4.69, 9.17) is 0 Å². The van der Waals surface area contributed by atoms with Gasteiger partial charge in [-0.2, -0.15) is 0 Å². The van der Waals surface area contributed by atoms with Gasteiger partial charge in [0, 0.05) is 53.6 Å². The number of rotatable bonds is 7. The standard InChI is InChI=1S/C58H38N2S/c1-2-13-42-36-44(25-24-39(42)12-1)41-28-32-47(33-29-41)59(48-34-35-58-53(38-48)52-19-6-10-23-57(52)61-58)46-30-26-40(27-31-46)43-14-11-15-45(37-43)49-16-3-7-20-54(49)60-55-21-8-4-17-50(55)51-18-5-9-22-56(51)60/h1-38H. The molecule has 2 aromatic heterocycles. The van der Waals surface area contributed by atoms with Crippen molar-refractivity contribution in [3.8, 4) is 39.1 Å². The summed E-state index contributed by atoms with van der Waals surface area (Å²) in [5, 5.41) is 7.61. The van der Waals surface area contributed by atoms with Crippen molar-refractivity contribution >= 4 is 81.1 Å². The summed E-state index contributed by atoms with van der Waals surface area (Å²) in [6, 6.07) is 84.2. The molecule has 0 bridgehead atoms. The summed E-state index contributed by atoms with van der Waals surface area (Å²) in [6.07, 6.45) is 0. The molecule has 0 saturated carbocycles. The second-order valence-electron chi connectivity index (χ2n) is 15.7. The predicted octanol–water partition coefficient (Wildman–Crippen LogP) is 16.8. The number of fused-ring (bicyclic) bond motifs is 7. The molecule has 0 atom stereocenters. The number of benzene rings is 10. The van der Waals surface area contributed by atoms with Crippen molar-refractivity contribution in [2.75, 3.05) is 4.90 Å². The molecule has 2 nitrogen and oxygen atoms in total. The molecule has 0 saturated heterocycles. The number of hydrogen-bond donors (Lipinski definition) is 0. The molecule has 0 radical (unpaired) electrons. The van der Waals surface area contributed by atoms with Crippen LogP contribution in [0.2, 0.25) is 0 Å². The van der Waals surface area contributed by atoms with E-state index in [1.165, 1.54) is 91.8 Å². The molecule has 0 fully saturated rings. The van der Waals surface area contributed by atoms with Gasteiger partial charge in [0.2, 0.25) is 0 Å². The first-order chi connectivity index (χ1) is 30.2. The van der Waals surface area contributed by atoms with Crippen LogP contribution in [0.4, 0.5) is 17.1 Å². The molecule has 2 heterocycles. The van der Waals surface area contributed by atoms with Gasteiger partial charge in [0.15, 0.2) is 0 Å². The van der Waals surface area contributed by atoms with Crippen molar-refractivity contribution in [3.05, 3.63) is 231 Å². The van der Waals surface area contributed by atoms with E-state index in [2.05, 4.69) is 240 Å². The lowest BCUT2D eigenvalue weighted by atomic mass is 9.97. The summed E-state index contributed by atoms with van der Waals surface area (Å²) in [7, 11) is 0. The van der Waals surface area contributed by atoms with Crippen molar-refractivity contribution in [1.29, 1.82) is 0 Å². The highest BCUT2D eigenvalue weighted by Gasteiger charge is 2.18. The van der Waals surface area contributed by atoms with Crippen LogP contribution in [0.5, 0.6) is 0 Å². The third kappa shape index (κ3) is 6.09. The highest BCUT2D eigenvalue weighted by Crippen LogP contribution is 2.42. The number of anilines is 3. The van der Waals surface area contributed by atoms with E-state index in [1.54, 1.807) is 0 Å². The smallest absolute Gasteiger partial charge is 0.0541 e. The molecule has 0 amide bonds. The molecule has 12 aromatic rings. The summed E-state index contributed by atoms with van der Waals surface area (Å²) in [5.41, 5.74) is 14.1. The Hall–Kier alpha value is -7.72. The van der Waals surface area contributed by atoms with Crippen molar-refractivity contribution in [2.45, 2.75) is 0 Å². The lowest BCUT2D eigenvalue weighted by Crippen LogP contribution is -2.09. The van der Waals surface area contributed by atoms with Crippen LogP contribution in [-0.4, -0.2) is 4.57 Å². The van der Waals surface area contributed by atoms with Gasteiger partial charge in [-0.15, -0.1) is 11.3 Å². The van der Waals surface area contributed by atoms with E-state index >= 15 is 0 Å². The van der Waals surface area contributed by atoms with Gasteiger partial charge in [-0.1, -0.05) is 152 Å². The summed E-state index contributed by atoms with van der Waals surface area (Å²) in [4.78, 5) is 2.39. The molecule has 0 spiro atoms. The largest absolute Gasteiger partial charge is 0.310 e. The molecule has 286 valence electrons. The minimum absolute atomic E-state index is 1.11. The Morgan fingerprint density at radius 3 is 1.59 bits per heavy atom. The SMILES string of the molecule is c1cc(-c2ccc(N(c3ccc(-c4ccc5ccccc5c4)cc3)c3ccc4sc5ccccc5c4c3)cc2)cc(-c2ccccc2-n2c3ccccc3c3ccccc32)c1. The second kappa shape index (κ2) is 14.5. The highest BCUT2D eigenvalue weighted by atomic mass is 32.1. The van der Waals surface area contributed by atoms with Crippen molar-refractivity contribution in [2.24, 2.45) is 0 Å². The quantitative estimate of drug-likeness (QED) is 0.156. The maximum absolute atomic E-state index is 2.42. The summed E-state index contributed by atoms with van der Waals surface area (Å²) in [5.74, 6) is 0. The Labute approximate surface area is 358 Å². The average Bonchev–Trinajstić information content (AvgIpc) is 3.87. The zero-order valence-electron chi connectivity index (χ0n) is 33.2. The Kier molecular flexibility index (Phi) is 8.39. The lowest BCUT2D eigenvalue weighted by Gasteiger charge is -2.26. The molecule has 0 N–H and O–H groups in total. The summed E-state index contributed by atoms with van der Waals surface area (Å²) in [6.45, 7) is 0. The minimum Gasteiger partial charge on any atom is -0.310 e. The van der Waals surface area contributed by atoms with Crippen LogP contribution in [0.1, 0.15) is 0 Å². The van der Waals surface area contributed by atoms with Crippen LogP contribution in [0.3, 0.4) is 0 Å². The third-order valence-corrected chi connectivity index (χ3v) is 13.3. The second-order valence-corrected chi connectivity index (χ2v) is 16.8. The first kappa shape index (κ1) is 35.2. The fourth-order valence-corrected chi connectivity index (χ4v) is 10.3. The van der Waals surface area contributed by atoms with Gasteiger partial charge in [0.25, 0.3) is 0 Å². The van der Waals surface area contributed by atoms with E-state index in [0.717, 1.165) is 17.1 Å². The molecular weight excluding hydrogens is 757 g/mol. The lowest BCUT2D eigenvalue weighted by molar-refractivity contribution is 1.18. The van der Waals surface area contributed by atoms with Gasteiger partial charge in [0.05, 0.1) is 16.7 Å². The van der Waals surface area contributed by atoms with Gasteiger partial charge in [0.1, 0.15) is 0 Å². The molecule has 0 unspecified atom stereocenters. The van der Waals surface area contributed by atoms with E-state index < -0.39 is 0 Å². The van der Waals surface area contributed by atoms with Crippen LogP contribution in [0, 0.1) is 0 Å². The molecule has 12 rings (SSSR count). The minimum atomic E-state index is 1.11. The fraction of sp³-hybridized carbons (Fsp3) is 0. The predicted molar refractivity (Wildman–Crippen MR) is 262 cm³/mol. The maximum Gasteiger partial charge on any atom is 0.0541 e. The molecule has 10 aromatic carbocycles. The Morgan fingerprint density at radius 1 is 0.311 bits per heavy atom. The Balaban J connectivity index is 0.932. The van der Waals surface area contributed by atoms with Crippen LogP contribution in [0.15, 0.2) is 231 Å². The average molecular weight is 795 g/mol. The molecule has 3 heteroatoms. The van der Waals surface area contributed by atoms with Crippen LogP contribution in [0.25, 0.3) is 91.8 Å². The van der Waals surface area contributed by atoms with E-state index in [9.17, 15) is 0 Å². The first-order valence-electron chi connectivity index (χ1n) is 20.8. The van der Waals surface area contributed by atoms with Crippen molar-refractivity contribution in [3.63, 3.8) is 0 Å². The number of para-hydroxylation sites is 3. The zero-order chi connectivity index (χ0) is 40.3. The number of nitrogens with zero attached hydrogens (tertiary/aromatic N) is 2. The zero-order valence-corrected chi connectivity index (χ0v) is 34.1. The van der Waals surface area contributed by atoms with Gasteiger partial charge in [-0.05, 0) is 117 Å². The summed E-state index contributed by atoms with van der Waals surface area (Å²) < 4.78 is 5.03. The van der Waals surface area contributed by atoms with E-state index in [1.807, 2.05) is 11.3 Å². The van der Waals surface area contributed by atoms with E-state index in [-0.39, 0.29) is 0 Å². The van der Waals surface area contributed by atoms with E-state index in [0.29, 0.717) is 0 Å². The van der Waals surface area contributed by atoms with Gasteiger partial charge < -0.3 is 9.47 Å². The highest BCUT2D eigenvalue weighted by molar-refractivity contribution is 7.25. The monoisotopic (exact) mass is 794 g/mol. The Bertz CT molecular complexity index is 3540. The first-order valence-corrected chi connectivity index (χ1v) is 21.6. The topological polar surface area (TPSA) is 8.17 Å². The van der Waals surface area contributed by atoms with Gasteiger partial charge in [-0.3, -0.25) is 0 Å². The number of thiophene rings is 1. The number of hydrogen-bond acceptors (Lipinski definition) is 2. The molecule has 61 heavy (non-hydrogen) atoms. The fourth-order valence-electron chi connectivity index (χ4n) is 9.24. The van der Waals surface area contributed by atoms with Crippen LogP contribution < -0.4 is 4.90 Å². The Morgan fingerprint density at radius 2 is 0.852 bits per heavy atom. The third-order valence-electron chi connectivity index (χ3n) is 12.2. The molecular formula is C58H38N2S. The van der Waals surface area contributed by atoms with Crippen LogP contribution in [-0.2, 0) is 0 Å². The number of aromatic nitrogens is 1. The van der Waals surface area contributed by atoms with Crippen LogP contribution >= 0.6 is 11.3 Å². The molecule has 0 aliphatic carbocycles. The summed E-state index contributed by atoms with van der Waals surface area (Å²) >= 11 is 1.85. The van der Waals surface area contributed by atoms with Crippen molar-refractivity contribution in [1.82, 2.24) is 4.57 Å². The molecule has 0 aliphatic heterocycles. The maximum atomic E-state index is 2.42. The van der Waals surface area contributed by atoms with Gasteiger partial charge >= 0.3 is 0 Å². The molecule has 0 aliphatic rings. The van der Waals surface area contributed by atoms with Gasteiger partial charge in [-0.25, -0.2) is 0 Å². The van der Waals surface area contributed by atoms with Crippen molar-refractivity contribution < 1.29 is 0 Å².